The molecule has 0 unspecified atom stereocenters. The molecule has 0 radical (unpaired) electrons. The van der Waals surface area contributed by atoms with Crippen LogP contribution >= 0.6 is 11.6 Å². The number of hydrogen-bond acceptors (Lipinski definition) is 3. The molecule has 0 atom stereocenters. The van der Waals surface area contributed by atoms with Crippen molar-refractivity contribution in [3.05, 3.63) is 24.3 Å². The first kappa shape index (κ1) is 16.3. The van der Waals surface area contributed by atoms with Gasteiger partial charge in [-0.25, -0.2) is 13.1 Å². The summed E-state index contributed by atoms with van der Waals surface area (Å²) in [5.74, 6) is 0.459. The lowest BCUT2D eigenvalue weighted by Crippen LogP contribution is -2.25. The number of nitrogens with one attached hydrogen (secondary N) is 2. The van der Waals surface area contributed by atoms with Crippen molar-refractivity contribution in [3.63, 3.8) is 0 Å². The highest BCUT2D eigenvalue weighted by Crippen LogP contribution is 2.22. The summed E-state index contributed by atoms with van der Waals surface area (Å²) in [6.45, 7) is 0. The summed E-state index contributed by atoms with van der Waals surface area (Å²) in [7, 11) is -3.44. The van der Waals surface area contributed by atoms with Crippen LogP contribution in [0.1, 0.15) is 32.1 Å². The molecule has 5 nitrogen and oxygen atoms in total. The summed E-state index contributed by atoms with van der Waals surface area (Å²) in [6, 6.07) is 6.27. The van der Waals surface area contributed by atoms with Gasteiger partial charge in [0.15, 0.2) is 0 Å². The molecule has 1 aliphatic carbocycles. The molecule has 1 aromatic carbocycles. The van der Waals surface area contributed by atoms with Gasteiger partial charge >= 0.3 is 0 Å². The van der Waals surface area contributed by atoms with Crippen molar-refractivity contribution in [1.82, 2.24) is 4.72 Å². The number of sulfonamides is 1. The number of benzene rings is 1. The van der Waals surface area contributed by atoms with Crippen LogP contribution in [-0.4, -0.2) is 26.2 Å². The third-order valence-corrected chi connectivity index (χ3v) is 4.94. The quantitative estimate of drug-likeness (QED) is 0.568. The van der Waals surface area contributed by atoms with Gasteiger partial charge in [0.1, 0.15) is 0 Å². The Hall–Kier alpha value is -1.11. The van der Waals surface area contributed by atoms with E-state index in [4.69, 9.17) is 11.6 Å². The van der Waals surface area contributed by atoms with Crippen LogP contribution in [0.2, 0.25) is 0 Å². The maximum absolute atomic E-state index is 12.0. The van der Waals surface area contributed by atoms with Crippen LogP contribution in [0.3, 0.4) is 0 Å². The molecular formula is C14H19ClN2O3S. The van der Waals surface area contributed by atoms with E-state index in [1.165, 1.54) is 12.1 Å². The maximum Gasteiger partial charge on any atom is 0.240 e. The van der Waals surface area contributed by atoms with Gasteiger partial charge in [0.05, 0.1) is 4.90 Å². The Kier molecular flexibility index (Phi) is 5.61. The second kappa shape index (κ2) is 7.24. The zero-order valence-electron chi connectivity index (χ0n) is 11.6. The van der Waals surface area contributed by atoms with Crippen LogP contribution in [0.15, 0.2) is 29.2 Å². The summed E-state index contributed by atoms with van der Waals surface area (Å²) in [5.41, 5.74) is 0.594. The third-order valence-electron chi connectivity index (χ3n) is 3.14. The first-order valence-corrected chi connectivity index (χ1v) is 9.01. The van der Waals surface area contributed by atoms with Crippen molar-refractivity contribution in [1.29, 1.82) is 0 Å². The number of halogens is 1. The molecule has 0 aromatic heterocycles. The summed E-state index contributed by atoms with van der Waals surface area (Å²) in [6.07, 6.45) is 3.76. The van der Waals surface area contributed by atoms with Crippen LogP contribution < -0.4 is 10.0 Å². The standard InChI is InChI=1S/C14H19ClN2O3S/c15-10-2-1-3-14(18)16-11-6-8-13(9-7-11)21(19,20)17-12-4-5-12/h6-9,12,17H,1-5,10H2,(H,16,18). The SMILES string of the molecule is O=C(CCCCCl)Nc1ccc(S(=O)(=O)NC2CC2)cc1. The molecular weight excluding hydrogens is 312 g/mol. The van der Waals surface area contributed by atoms with Gasteiger partial charge in [-0.3, -0.25) is 4.79 Å². The number of alkyl halides is 1. The van der Waals surface area contributed by atoms with Gasteiger partial charge in [-0.05, 0) is 49.9 Å². The number of anilines is 1. The topological polar surface area (TPSA) is 75.3 Å². The Bertz CT molecular complexity index is 583. The van der Waals surface area contributed by atoms with Crippen LogP contribution in [0.25, 0.3) is 0 Å². The summed E-state index contributed by atoms with van der Waals surface area (Å²) < 4.78 is 26.6. The van der Waals surface area contributed by atoms with Gasteiger partial charge in [0, 0.05) is 24.0 Å². The second-order valence-corrected chi connectivity index (χ2v) is 7.21. The Morgan fingerprint density at radius 1 is 1.19 bits per heavy atom. The van der Waals surface area contributed by atoms with E-state index in [0.29, 0.717) is 18.0 Å². The maximum atomic E-state index is 12.0. The molecule has 1 aromatic rings. The Labute approximate surface area is 130 Å². The number of amides is 1. The highest BCUT2D eigenvalue weighted by Gasteiger charge is 2.27. The van der Waals surface area contributed by atoms with E-state index in [9.17, 15) is 13.2 Å². The van der Waals surface area contributed by atoms with Crippen molar-refractivity contribution in [2.24, 2.45) is 0 Å². The van der Waals surface area contributed by atoms with Crippen molar-refractivity contribution in [3.8, 4) is 0 Å². The molecule has 1 aliphatic rings. The summed E-state index contributed by atoms with van der Waals surface area (Å²) >= 11 is 5.55. The lowest BCUT2D eigenvalue weighted by Gasteiger charge is -2.08. The lowest BCUT2D eigenvalue weighted by atomic mass is 10.2. The zero-order valence-corrected chi connectivity index (χ0v) is 13.2. The minimum absolute atomic E-state index is 0.0799. The molecule has 0 aliphatic heterocycles. The fourth-order valence-electron chi connectivity index (χ4n) is 1.81. The van der Waals surface area contributed by atoms with E-state index < -0.39 is 10.0 Å². The van der Waals surface area contributed by atoms with Crippen LogP contribution in [0.5, 0.6) is 0 Å². The van der Waals surface area contributed by atoms with Crippen molar-refractivity contribution < 1.29 is 13.2 Å². The van der Waals surface area contributed by atoms with Crippen molar-refractivity contribution in [2.75, 3.05) is 11.2 Å². The molecule has 116 valence electrons. The molecule has 0 heterocycles. The predicted molar refractivity (Wildman–Crippen MR) is 83.0 cm³/mol. The molecule has 0 saturated heterocycles. The summed E-state index contributed by atoms with van der Waals surface area (Å²) in [5, 5.41) is 2.74. The largest absolute Gasteiger partial charge is 0.326 e. The van der Waals surface area contributed by atoms with E-state index in [0.717, 1.165) is 25.7 Å². The van der Waals surface area contributed by atoms with Gasteiger partial charge in [-0.2, -0.15) is 0 Å². The summed E-state index contributed by atoms with van der Waals surface area (Å²) in [4.78, 5) is 11.9. The van der Waals surface area contributed by atoms with E-state index in [1.54, 1.807) is 12.1 Å². The molecule has 7 heteroatoms. The number of hydrogen-bond donors (Lipinski definition) is 2. The van der Waals surface area contributed by atoms with Gasteiger partial charge in [-0.15, -0.1) is 11.6 Å². The number of unbranched alkanes of at least 4 members (excludes halogenated alkanes) is 1. The van der Waals surface area contributed by atoms with Crippen molar-refractivity contribution >= 4 is 33.2 Å². The highest BCUT2D eigenvalue weighted by atomic mass is 35.5. The molecule has 0 spiro atoms. The zero-order chi connectivity index (χ0) is 15.3. The van der Waals surface area contributed by atoms with Gasteiger partial charge in [0.25, 0.3) is 0 Å². The Balaban J connectivity index is 1.90. The molecule has 1 saturated carbocycles. The fraction of sp³-hybridized carbons (Fsp3) is 0.500. The minimum atomic E-state index is -3.44. The van der Waals surface area contributed by atoms with Gasteiger partial charge in [-0.1, -0.05) is 0 Å². The molecule has 21 heavy (non-hydrogen) atoms. The van der Waals surface area contributed by atoms with Crippen molar-refractivity contribution in [2.45, 2.75) is 43.0 Å². The van der Waals surface area contributed by atoms with E-state index in [2.05, 4.69) is 10.0 Å². The number of carbonyl (C=O) groups excluding carboxylic acids is 1. The average Bonchev–Trinajstić information content (AvgIpc) is 3.23. The predicted octanol–water partition coefficient (Wildman–Crippen LogP) is 2.47. The van der Waals surface area contributed by atoms with Gasteiger partial charge < -0.3 is 5.32 Å². The highest BCUT2D eigenvalue weighted by molar-refractivity contribution is 7.89. The lowest BCUT2D eigenvalue weighted by molar-refractivity contribution is -0.116. The Morgan fingerprint density at radius 3 is 2.43 bits per heavy atom. The molecule has 1 amide bonds. The Morgan fingerprint density at radius 2 is 1.86 bits per heavy atom. The molecule has 0 bridgehead atoms. The second-order valence-electron chi connectivity index (χ2n) is 5.11. The smallest absolute Gasteiger partial charge is 0.240 e. The minimum Gasteiger partial charge on any atom is -0.326 e. The molecule has 2 rings (SSSR count). The third kappa shape index (κ3) is 5.30. The van der Waals surface area contributed by atoms with Crippen LogP contribution in [-0.2, 0) is 14.8 Å². The fourth-order valence-corrected chi connectivity index (χ4v) is 3.30. The normalized spacial score (nSPS) is 14.9. The first-order chi connectivity index (χ1) is 10.0. The van der Waals surface area contributed by atoms with E-state index in [-0.39, 0.29) is 16.8 Å². The van der Waals surface area contributed by atoms with E-state index in [1.807, 2.05) is 0 Å². The number of rotatable bonds is 8. The average molecular weight is 331 g/mol. The van der Waals surface area contributed by atoms with Crippen LogP contribution in [0, 0.1) is 0 Å². The first-order valence-electron chi connectivity index (χ1n) is 6.99. The van der Waals surface area contributed by atoms with E-state index >= 15 is 0 Å². The van der Waals surface area contributed by atoms with Crippen LogP contribution in [0.4, 0.5) is 5.69 Å². The van der Waals surface area contributed by atoms with Gasteiger partial charge in [0.2, 0.25) is 15.9 Å². The molecule has 2 N–H and O–H groups in total. The monoisotopic (exact) mass is 330 g/mol. The number of carbonyl (C=O) groups is 1. The molecule has 1 fully saturated rings.